The summed E-state index contributed by atoms with van der Waals surface area (Å²) < 4.78 is 1.75. The van der Waals surface area contributed by atoms with E-state index < -0.39 is 0 Å². The van der Waals surface area contributed by atoms with Crippen molar-refractivity contribution in [3.05, 3.63) is 51.9 Å². The van der Waals surface area contributed by atoms with Crippen molar-refractivity contribution >= 4 is 28.3 Å². The van der Waals surface area contributed by atoms with Crippen LogP contribution >= 0.6 is 11.3 Å². The summed E-state index contributed by atoms with van der Waals surface area (Å²) in [6, 6.07) is 9.90. The van der Waals surface area contributed by atoms with E-state index in [1.807, 2.05) is 51.1 Å². The number of anilines is 1. The van der Waals surface area contributed by atoms with Crippen LogP contribution < -0.4 is 10.9 Å². The number of nitrogens with zero attached hydrogens (tertiary/aromatic N) is 5. The maximum atomic E-state index is 12.3. The molecule has 9 heteroatoms. The molecule has 0 saturated heterocycles. The molecule has 2 N–H and O–H groups in total. The van der Waals surface area contributed by atoms with Gasteiger partial charge in [-0.3, -0.25) is 9.78 Å². The van der Waals surface area contributed by atoms with Gasteiger partial charge in [-0.05, 0) is 20.8 Å². The lowest BCUT2D eigenvalue weighted by Crippen LogP contribution is -2.24. The largest absolute Gasteiger partial charge is 0.349 e. The number of H-pyrrole nitrogens is 1. The summed E-state index contributed by atoms with van der Waals surface area (Å²) in [7, 11) is 0. The molecule has 0 spiro atoms. The molecule has 0 atom stereocenters. The fraction of sp³-hybridized carbons (Fsp3) is 0.278. The van der Waals surface area contributed by atoms with E-state index in [2.05, 4.69) is 30.6 Å². The molecule has 8 nitrogen and oxygen atoms in total. The number of aromatic nitrogens is 6. The summed E-state index contributed by atoms with van der Waals surface area (Å²) in [5, 5.41) is 18.0. The van der Waals surface area contributed by atoms with Gasteiger partial charge in [0.25, 0.3) is 5.56 Å². The Morgan fingerprint density at radius 2 is 1.96 bits per heavy atom. The second-order valence-electron chi connectivity index (χ2n) is 7.10. The molecule has 0 aliphatic carbocycles. The van der Waals surface area contributed by atoms with Gasteiger partial charge < -0.3 is 5.32 Å². The first-order chi connectivity index (χ1) is 12.9. The SMILES string of the molecule is CC(C)(C)n1ncc2c(=O)[nH]c(NCc3nnc(-c4ccccc4)s3)nc21. The minimum absolute atomic E-state index is 0.222. The van der Waals surface area contributed by atoms with Gasteiger partial charge in [-0.1, -0.05) is 41.7 Å². The molecule has 0 fully saturated rings. The van der Waals surface area contributed by atoms with Crippen molar-refractivity contribution in [3.63, 3.8) is 0 Å². The number of fused-ring (bicyclic) bond motifs is 1. The lowest BCUT2D eigenvalue weighted by atomic mass is 10.1. The van der Waals surface area contributed by atoms with Crippen LogP contribution in [-0.4, -0.2) is 29.9 Å². The van der Waals surface area contributed by atoms with E-state index in [-0.39, 0.29) is 11.1 Å². The highest BCUT2D eigenvalue weighted by atomic mass is 32.1. The standard InChI is InChI=1S/C18H19N7OS/c1-18(2,3)25-14-12(9-20-25)15(26)22-17(21-14)19-10-13-23-24-16(27-13)11-7-5-4-6-8-11/h4-9H,10H2,1-3H3,(H2,19,21,22,26). The van der Waals surface area contributed by atoms with Gasteiger partial charge in [-0.15, -0.1) is 10.2 Å². The van der Waals surface area contributed by atoms with Crippen LogP contribution in [0.1, 0.15) is 25.8 Å². The van der Waals surface area contributed by atoms with Gasteiger partial charge in [0.05, 0.1) is 18.3 Å². The van der Waals surface area contributed by atoms with E-state index in [1.54, 1.807) is 10.9 Å². The highest BCUT2D eigenvalue weighted by Gasteiger charge is 2.20. The number of hydrogen-bond acceptors (Lipinski definition) is 7. The quantitative estimate of drug-likeness (QED) is 0.563. The van der Waals surface area contributed by atoms with Gasteiger partial charge in [-0.2, -0.15) is 10.1 Å². The lowest BCUT2D eigenvalue weighted by Gasteiger charge is -2.19. The number of hydrogen-bond donors (Lipinski definition) is 2. The molecule has 0 saturated carbocycles. The first kappa shape index (κ1) is 17.3. The van der Waals surface area contributed by atoms with Gasteiger partial charge in [0, 0.05) is 5.56 Å². The first-order valence-electron chi connectivity index (χ1n) is 8.52. The van der Waals surface area contributed by atoms with Crippen LogP contribution in [0.2, 0.25) is 0 Å². The molecule has 0 aliphatic rings. The zero-order valence-corrected chi connectivity index (χ0v) is 16.0. The van der Waals surface area contributed by atoms with Crippen molar-refractivity contribution in [2.24, 2.45) is 0 Å². The molecule has 138 valence electrons. The minimum Gasteiger partial charge on any atom is -0.349 e. The van der Waals surface area contributed by atoms with Gasteiger partial charge in [0.2, 0.25) is 5.95 Å². The van der Waals surface area contributed by atoms with Crippen molar-refractivity contribution in [1.82, 2.24) is 29.9 Å². The molecule has 27 heavy (non-hydrogen) atoms. The third kappa shape index (κ3) is 3.45. The molecule has 4 aromatic rings. The number of aromatic amines is 1. The Hall–Kier alpha value is -3.07. The monoisotopic (exact) mass is 381 g/mol. The summed E-state index contributed by atoms with van der Waals surface area (Å²) in [4.78, 5) is 19.6. The average molecular weight is 381 g/mol. The fourth-order valence-electron chi connectivity index (χ4n) is 2.67. The molecular formula is C18H19N7OS. The number of benzene rings is 1. The summed E-state index contributed by atoms with van der Waals surface area (Å²) in [6.45, 7) is 6.47. The van der Waals surface area contributed by atoms with E-state index in [0.717, 1.165) is 15.6 Å². The minimum atomic E-state index is -0.274. The van der Waals surface area contributed by atoms with E-state index in [9.17, 15) is 4.79 Å². The Morgan fingerprint density at radius 1 is 1.19 bits per heavy atom. The number of nitrogens with one attached hydrogen (secondary N) is 2. The Kier molecular flexibility index (Phi) is 4.23. The highest BCUT2D eigenvalue weighted by molar-refractivity contribution is 7.14. The van der Waals surface area contributed by atoms with Crippen LogP contribution in [-0.2, 0) is 12.1 Å². The van der Waals surface area contributed by atoms with E-state index in [1.165, 1.54) is 11.3 Å². The molecule has 3 aromatic heterocycles. The molecule has 0 amide bonds. The van der Waals surface area contributed by atoms with Crippen LogP contribution in [0.15, 0.2) is 41.3 Å². The van der Waals surface area contributed by atoms with Gasteiger partial charge in [0.1, 0.15) is 15.4 Å². The van der Waals surface area contributed by atoms with Crippen LogP contribution in [0.4, 0.5) is 5.95 Å². The lowest BCUT2D eigenvalue weighted by molar-refractivity contribution is 0.366. The van der Waals surface area contributed by atoms with Crippen molar-refractivity contribution in [1.29, 1.82) is 0 Å². The van der Waals surface area contributed by atoms with Crippen LogP contribution in [0.5, 0.6) is 0 Å². The Labute approximate surface area is 159 Å². The average Bonchev–Trinajstić information content (AvgIpc) is 3.27. The van der Waals surface area contributed by atoms with E-state index in [4.69, 9.17) is 0 Å². The molecule has 4 rings (SSSR count). The van der Waals surface area contributed by atoms with Crippen LogP contribution in [0.25, 0.3) is 21.6 Å². The molecule has 0 bridgehead atoms. The predicted octanol–water partition coefficient (Wildman–Crippen LogP) is 3.01. The molecule has 3 heterocycles. The van der Waals surface area contributed by atoms with Gasteiger partial charge >= 0.3 is 0 Å². The zero-order chi connectivity index (χ0) is 19.0. The summed E-state index contributed by atoms with van der Waals surface area (Å²) >= 11 is 1.50. The fourth-order valence-corrected chi connectivity index (χ4v) is 3.46. The normalized spacial score (nSPS) is 11.8. The maximum absolute atomic E-state index is 12.3. The zero-order valence-electron chi connectivity index (χ0n) is 15.2. The highest BCUT2D eigenvalue weighted by Crippen LogP contribution is 2.23. The molecular weight excluding hydrogens is 362 g/mol. The summed E-state index contributed by atoms with van der Waals surface area (Å²) in [5.41, 5.74) is 1.09. The number of rotatable bonds is 4. The van der Waals surface area contributed by atoms with Crippen molar-refractivity contribution < 1.29 is 0 Å². The van der Waals surface area contributed by atoms with Crippen molar-refractivity contribution in [2.75, 3.05) is 5.32 Å². The maximum Gasteiger partial charge on any atom is 0.263 e. The third-order valence-corrected chi connectivity index (χ3v) is 4.94. The van der Waals surface area contributed by atoms with Crippen molar-refractivity contribution in [2.45, 2.75) is 32.9 Å². The Bertz CT molecular complexity index is 1140. The van der Waals surface area contributed by atoms with Crippen LogP contribution in [0.3, 0.4) is 0 Å². The van der Waals surface area contributed by atoms with Crippen LogP contribution in [0, 0.1) is 0 Å². The van der Waals surface area contributed by atoms with E-state index in [0.29, 0.717) is 23.5 Å². The Morgan fingerprint density at radius 3 is 2.70 bits per heavy atom. The van der Waals surface area contributed by atoms with Gasteiger partial charge in [-0.25, -0.2) is 4.68 Å². The molecule has 1 aromatic carbocycles. The molecule has 0 radical (unpaired) electrons. The van der Waals surface area contributed by atoms with Crippen molar-refractivity contribution in [3.8, 4) is 10.6 Å². The second-order valence-corrected chi connectivity index (χ2v) is 8.16. The molecule has 0 unspecified atom stereocenters. The topological polar surface area (TPSA) is 101 Å². The second kappa shape index (κ2) is 6.58. The predicted molar refractivity (Wildman–Crippen MR) is 106 cm³/mol. The Balaban J connectivity index is 1.58. The smallest absolute Gasteiger partial charge is 0.263 e. The van der Waals surface area contributed by atoms with E-state index >= 15 is 0 Å². The first-order valence-corrected chi connectivity index (χ1v) is 9.34. The van der Waals surface area contributed by atoms with Gasteiger partial charge in [0.15, 0.2) is 5.65 Å². The summed E-state index contributed by atoms with van der Waals surface area (Å²) in [5.74, 6) is 0.384. The third-order valence-electron chi connectivity index (χ3n) is 3.97. The summed E-state index contributed by atoms with van der Waals surface area (Å²) in [6.07, 6.45) is 1.55. The molecule has 0 aliphatic heterocycles.